The Bertz CT molecular complexity index is 1010. The number of fused-ring (bicyclic) bond motifs is 5. The van der Waals surface area contributed by atoms with E-state index in [9.17, 15) is 14.4 Å². The number of benzene rings is 2. The first-order valence-corrected chi connectivity index (χ1v) is 10.8. The van der Waals surface area contributed by atoms with E-state index in [1.165, 1.54) is 6.42 Å². The zero-order valence-electron chi connectivity index (χ0n) is 16.8. The third-order valence-electron chi connectivity index (χ3n) is 6.43. The molecular weight excluding hydrogens is 378 g/mol. The van der Waals surface area contributed by atoms with E-state index in [0.29, 0.717) is 16.8 Å². The van der Waals surface area contributed by atoms with E-state index in [0.717, 1.165) is 31.2 Å². The number of amides is 3. The standard InChI is InChI=1S/C24H25N3O3/c28-21(25-16-8-2-1-3-9-16)14-15-26-22-17-10-4-5-11-18(17)24(30)27(22)20-13-7-6-12-19(20)23(26)29/h4-7,10-13,16,22H,1-3,8-9,14-15H2,(H,25,28). The fraction of sp³-hybridized carbons (Fsp3) is 0.375. The molecule has 1 aliphatic carbocycles. The molecule has 1 saturated carbocycles. The summed E-state index contributed by atoms with van der Waals surface area (Å²) in [6.07, 6.45) is 5.33. The third kappa shape index (κ3) is 3.07. The number of nitrogens with one attached hydrogen (secondary N) is 1. The molecule has 0 aromatic heterocycles. The molecule has 2 aliphatic heterocycles. The van der Waals surface area contributed by atoms with Crippen molar-refractivity contribution in [3.05, 3.63) is 65.2 Å². The Morgan fingerprint density at radius 2 is 1.60 bits per heavy atom. The van der Waals surface area contributed by atoms with E-state index >= 15 is 0 Å². The summed E-state index contributed by atoms with van der Waals surface area (Å²) in [6, 6.07) is 14.9. The molecule has 1 atom stereocenters. The predicted octanol–water partition coefficient (Wildman–Crippen LogP) is 3.64. The highest BCUT2D eigenvalue weighted by Crippen LogP contribution is 2.45. The monoisotopic (exact) mass is 403 g/mol. The highest BCUT2D eigenvalue weighted by atomic mass is 16.2. The van der Waals surface area contributed by atoms with E-state index < -0.39 is 6.17 Å². The van der Waals surface area contributed by atoms with Gasteiger partial charge in [0, 0.05) is 30.1 Å². The molecule has 3 aliphatic rings. The van der Waals surface area contributed by atoms with Crippen LogP contribution >= 0.6 is 0 Å². The maximum Gasteiger partial charge on any atom is 0.260 e. The van der Waals surface area contributed by atoms with Gasteiger partial charge in [-0.25, -0.2) is 0 Å². The molecule has 2 aromatic rings. The summed E-state index contributed by atoms with van der Waals surface area (Å²) in [6.45, 7) is 0.272. The van der Waals surface area contributed by atoms with Crippen molar-refractivity contribution in [2.45, 2.75) is 50.7 Å². The number of nitrogens with zero attached hydrogens (tertiary/aromatic N) is 2. The molecule has 6 nitrogen and oxygen atoms in total. The van der Waals surface area contributed by atoms with E-state index in [1.54, 1.807) is 28.0 Å². The van der Waals surface area contributed by atoms with E-state index in [1.807, 2.05) is 30.3 Å². The first kappa shape index (κ1) is 18.9. The lowest BCUT2D eigenvalue weighted by atomic mass is 9.95. The van der Waals surface area contributed by atoms with Gasteiger partial charge in [-0.2, -0.15) is 0 Å². The number of carbonyl (C=O) groups is 3. The summed E-state index contributed by atoms with van der Waals surface area (Å²) in [5.41, 5.74) is 2.57. The van der Waals surface area contributed by atoms with Gasteiger partial charge < -0.3 is 10.2 Å². The van der Waals surface area contributed by atoms with Crippen LogP contribution in [0.2, 0.25) is 0 Å². The Morgan fingerprint density at radius 3 is 2.40 bits per heavy atom. The molecule has 3 amide bonds. The molecule has 30 heavy (non-hydrogen) atoms. The number of hydrogen-bond donors (Lipinski definition) is 1. The van der Waals surface area contributed by atoms with Crippen LogP contribution in [0.15, 0.2) is 48.5 Å². The molecule has 0 bridgehead atoms. The van der Waals surface area contributed by atoms with Crippen molar-refractivity contribution in [1.29, 1.82) is 0 Å². The van der Waals surface area contributed by atoms with Crippen LogP contribution < -0.4 is 10.2 Å². The summed E-state index contributed by atoms with van der Waals surface area (Å²) in [5, 5.41) is 3.12. The lowest BCUT2D eigenvalue weighted by molar-refractivity contribution is -0.122. The molecular formula is C24H25N3O3. The second-order valence-corrected chi connectivity index (χ2v) is 8.30. The van der Waals surface area contributed by atoms with Crippen molar-refractivity contribution >= 4 is 23.4 Å². The number of hydrogen-bond acceptors (Lipinski definition) is 3. The van der Waals surface area contributed by atoms with Gasteiger partial charge in [0.25, 0.3) is 11.8 Å². The maximum atomic E-state index is 13.3. The van der Waals surface area contributed by atoms with E-state index in [-0.39, 0.29) is 36.7 Å². The largest absolute Gasteiger partial charge is 0.353 e. The molecule has 6 heteroatoms. The Labute approximate surface area is 175 Å². The Morgan fingerprint density at radius 1 is 0.900 bits per heavy atom. The van der Waals surface area contributed by atoms with Crippen molar-refractivity contribution in [3.8, 4) is 0 Å². The highest BCUT2D eigenvalue weighted by Gasteiger charge is 2.47. The second kappa shape index (κ2) is 7.59. The topological polar surface area (TPSA) is 69.7 Å². The quantitative estimate of drug-likeness (QED) is 0.847. The van der Waals surface area contributed by atoms with Gasteiger partial charge in [0.1, 0.15) is 6.17 Å². The van der Waals surface area contributed by atoms with Crippen LogP contribution in [0.3, 0.4) is 0 Å². The Balaban J connectivity index is 1.42. The average molecular weight is 403 g/mol. The van der Waals surface area contributed by atoms with Gasteiger partial charge in [0.15, 0.2) is 0 Å². The van der Waals surface area contributed by atoms with Crippen molar-refractivity contribution in [3.63, 3.8) is 0 Å². The zero-order valence-corrected chi connectivity index (χ0v) is 16.8. The average Bonchev–Trinajstić information content (AvgIpc) is 3.07. The van der Waals surface area contributed by atoms with Crippen molar-refractivity contribution in [2.24, 2.45) is 0 Å². The van der Waals surface area contributed by atoms with Crippen LogP contribution in [0, 0.1) is 0 Å². The summed E-state index contributed by atoms with van der Waals surface area (Å²) in [7, 11) is 0. The molecule has 0 saturated heterocycles. The molecule has 1 unspecified atom stereocenters. The van der Waals surface area contributed by atoms with Crippen LogP contribution in [0.4, 0.5) is 5.69 Å². The van der Waals surface area contributed by atoms with Crippen LogP contribution in [-0.4, -0.2) is 35.2 Å². The first-order chi connectivity index (χ1) is 14.6. The van der Waals surface area contributed by atoms with Crippen molar-refractivity contribution in [2.75, 3.05) is 11.4 Å². The van der Waals surface area contributed by atoms with Crippen molar-refractivity contribution < 1.29 is 14.4 Å². The molecule has 5 rings (SSSR count). The molecule has 1 N–H and O–H groups in total. The second-order valence-electron chi connectivity index (χ2n) is 8.30. The number of anilines is 1. The van der Waals surface area contributed by atoms with Crippen LogP contribution in [0.25, 0.3) is 0 Å². The van der Waals surface area contributed by atoms with Crippen LogP contribution in [0.1, 0.15) is 71.0 Å². The fourth-order valence-electron chi connectivity index (χ4n) is 4.97. The van der Waals surface area contributed by atoms with Gasteiger partial charge in [0.2, 0.25) is 5.91 Å². The third-order valence-corrected chi connectivity index (χ3v) is 6.43. The molecule has 0 spiro atoms. The molecule has 0 radical (unpaired) electrons. The summed E-state index contributed by atoms with van der Waals surface area (Å²) in [4.78, 5) is 42.4. The van der Waals surface area contributed by atoms with Gasteiger partial charge >= 0.3 is 0 Å². The normalized spacial score (nSPS) is 20.6. The van der Waals surface area contributed by atoms with Gasteiger partial charge in [-0.15, -0.1) is 0 Å². The zero-order chi connectivity index (χ0) is 20.7. The lowest BCUT2D eigenvalue weighted by Gasteiger charge is -2.41. The lowest BCUT2D eigenvalue weighted by Crippen LogP contribution is -2.49. The summed E-state index contributed by atoms with van der Waals surface area (Å²) in [5.74, 6) is -0.272. The van der Waals surface area contributed by atoms with Crippen LogP contribution in [0.5, 0.6) is 0 Å². The SMILES string of the molecule is O=C(CCN1C(=O)c2ccccc2N2C(=O)c3ccccc3C12)NC1CCCCC1. The minimum Gasteiger partial charge on any atom is -0.353 e. The van der Waals surface area contributed by atoms with Crippen LogP contribution in [-0.2, 0) is 4.79 Å². The summed E-state index contributed by atoms with van der Waals surface area (Å²) < 4.78 is 0. The molecule has 2 heterocycles. The van der Waals surface area contributed by atoms with E-state index in [4.69, 9.17) is 0 Å². The van der Waals surface area contributed by atoms with Gasteiger partial charge in [0.05, 0.1) is 11.3 Å². The predicted molar refractivity (Wildman–Crippen MR) is 113 cm³/mol. The van der Waals surface area contributed by atoms with Crippen molar-refractivity contribution in [1.82, 2.24) is 10.2 Å². The van der Waals surface area contributed by atoms with Gasteiger partial charge in [-0.05, 0) is 31.0 Å². The highest BCUT2D eigenvalue weighted by molar-refractivity contribution is 6.16. The minimum atomic E-state index is -0.501. The van der Waals surface area contributed by atoms with Gasteiger partial charge in [-0.3, -0.25) is 19.3 Å². The maximum absolute atomic E-state index is 13.3. The smallest absolute Gasteiger partial charge is 0.260 e. The fourth-order valence-corrected chi connectivity index (χ4v) is 4.97. The molecule has 2 aromatic carbocycles. The number of para-hydroxylation sites is 1. The Kier molecular flexibility index (Phi) is 4.77. The summed E-state index contributed by atoms with van der Waals surface area (Å²) >= 11 is 0. The minimum absolute atomic E-state index is 0.0299. The number of carbonyl (C=O) groups excluding carboxylic acids is 3. The van der Waals surface area contributed by atoms with Gasteiger partial charge in [-0.1, -0.05) is 49.6 Å². The van der Waals surface area contributed by atoms with E-state index in [2.05, 4.69) is 5.32 Å². The molecule has 1 fully saturated rings. The number of rotatable bonds is 4. The first-order valence-electron chi connectivity index (χ1n) is 10.8. The Hall–Kier alpha value is -3.15. The molecule has 154 valence electrons.